The molecule has 0 bridgehead atoms. The maximum absolute atomic E-state index is 13.1. The van der Waals surface area contributed by atoms with E-state index in [1.807, 2.05) is 0 Å². The van der Waals surface area contributed by atoms with Gasteiger partial charge in [-0.15, -0.1) is 0 Å². The SMILES string of the molecule is COC(=O)c1ccc(-n2c(C)cc(C(=O)Cn3cc([N+](=O)[O-])cc(C(=O)OC)c3=O)c2C)cc1. The van der Waals surface area contributed by atoms with E-state index in [1.165, 1.54) is 7.11 Å². The van der Waals surface area contributed by atoms with Gasteiger partial charge in [0.25, 0.3) is 11.2 Å². The fourth-order valence-corrected chi connectivity index (χ4v) is 3.64. The molecule has 2 heterocycles. The summed E-state index contributed by atoms with van der Waals surface area (Å²) < 4.78 is 11.8. The first kappa shape index (κ1) is 24.1. The minimum absolute atomic E-state index is 0.299. The van der Waals surface area contributed by atoms with Crippen molar-refractivity contribution in [3.8, 4) is 5.69 Å². The van der Waals surface area contributed by atoms with E-state index in [9.17, 15) is 29.3 Å². The van der Waals surface area contributed by atoms with Crippen LogP contribution < -0.4 is 5.56 Å². The van der Waals surface area contributed by atoms with Crippen molar-refractivity contribution >= 4 is 23.4 Å². The van der Waals surface area contributed by atoms with Crippen LogP contribution >= 0.6 is 0 Å². The number of hydrogen-bond acceptors (Lipinski definition) is 8. The third-order valence-electron chi connectivity index (χ3n) is 5.28. The average Bonchev–Trinajstić information content (AvgIpc) is 3.13. The van der Waals surface area contributed by atoms with Gasteiger partial charge in [0.1, 0.15) is 5.56 Å². The summed E-state index contributed by atoms with van der Waals surface area (Å²) in [4.78, 5) is 59.8. The highest BCUT2D eigenvalue weighted by molar-refractivity contribution is 5.98. The summed E-state index contributed by atoms with van der Waals surface area (Å²) in [5, 5.41) is 11.2. The van der Waals surface area contributed by atoms with Crippen LogP contribution in [0.5, 0.6) is 0 Å². The van der Waals surface area contributed by atoms with Crippen molar-refractivity contribution in [3.05, 3.63) is 91.1 Å². The highest BCUT2D eigenvalue weighted by atomic mass is 16.6. The second-order valence-corrected chi connectivity index (χ2v) is 7.38. The highest BCUT2D eigenvalue weighted by Gasteiger charge is 2.23. The summed E-state index contributed by atoms with van der Waals surface area (Å²) >= 11 is 0. The van der Waals surface area contributed by atoms with Crippen molar-refractivity contribution in [2.24, 2.45) is 0 Å². The van der Waals surface area contributed by atoms with Crippen molar-refractivity contribution in [2.75, 3.05) is 14.2 Å². The first-order valence-corrected chi connectivity index (χ1v) is 9.97. The Balaban J connectivity index is 1.99. The lowest BCUT2D eigenvalue weighted by atomic mass is 10.1. The largest absolute Gasteiger partial charge is 0.465 e. The second kappa shape index (κ2) is 9.53. The van der Waals surface area contributed by atoms with E-state index in [2.05, 4.69) is 4.74 Å². The number of hydrogen-bond donors (Lipinski definition) is 0. The van der Waals surface area contributed by atoms with E-state index >= 15 is 0 Å². The van der Waals surface area contributed by atoms with Crippen LogP contribution in [0, 0.1) is 24.0 Å². The number of methoxy groups -OCH3 is 2. The Morgan fingerprint density at radius 1 is 0.971 bits per heavy atom. The fourth-order valence-electron chi connectivity index (χ4n) is 3.64. The van der Waals surface area contributed by atoms with Crippen LogP contribution in [0.1, 0.15) is 42.5 Å². The normalized spacial score (nSPS) is 10.6. The van der Waals surface area contributed by atoms with Crippen LogP contribution in [0.3, 0.4) is 0 Å². The summed E-state index contributed by atoms with van der Waals surface area (Å²) in [5.74, 6) is -2.00. The molecule has 3 rings (SSSR count). The number of carbonyl (C=O) groups excluding carboxylic acids is 3. The smallest absolute Gasteiger partial charge is 0.343 e. The first-order chi connectivity index (χ1) is 16.1. The van der Waals surface area contributed by atoms with Gasteiger partial charge >= 0.3 is 11.9 Å². The molecule has 0 radical (unpaired) electrons. The van der Waals surface area contributed by atoms with E-state index in [0.717, 1.165) is 23.9 Å². The molecule has 0 atom stereocenters. The number of rotatable bonds is 7. The van der Waals surface area contributed by atoms with Crippen molar-refractivity contribution < 1.29 is 28.8 Å². The zero-order valence-corrected chi connectivity index (χ0v) is 18.9. The lowest BCUT2D eigenvalue weighted by molar-refractivity contribution is -0.385. The molecule has 0 N–H and O–H groups in total. The van der Waals surface area contributed by atoms with E-state index in [4.69, 9.17) is 4.74 Å². The van der Waals surface area contributed by atoms with Crippen molar-refractivity contribution in [1.82, 2.24) is 9.13 Å². The molecule has 11 heteroatoms. The number of pyridine rings is 1. The maximum atomic E-state index is 13.1. The van der Waals surface area contributed by atoms with Crippen LogP contribution in [-0.2, 0) is 16.0 Å². The average molecular weight is 467 g/mol. The van der Waals surface area contributed by atoms with Crippen LogP contribution in [0.4, 0.5) is 5.69 Å². The molecule has 0 fully saturated rings. The van der Waals surface area contributed by atoms with Crippen LogP contribution in [-0.4, -0.2) is 46.0 Å². The lowest BCUT2D eigenvalue weighted by Crippen LogP contribution is -2.29. The maximum Gasteiger partial charge on any atom is 0.343 e. The Hall–Kier alpha value is -4.54. The number of benzene rings is 1. The number of esters is 2. The molecular weight excluding hydrogens is 446 g/mol. The van der Waals surface area contributed by atoms with E-state index in [0.29, 0.717) is 28.2 Å². The van der Waals surface area contributed by atoms with Gasteiger partial charge in [0.15, 0.2) is 5.78 Å². The molecule has 0 saturated carbocycles. The lowest BCUT2D eigenvalue weighted by Gasteiger charge is -2.11. The monoisotopic (exact) mass is 467 g/mol. The summed E-state index contributed by atoms with van der Waals surface area (Å²) in [5.41, 5.74) is 0.710. The van der Waals surface area contributed by atoms with Crippen LogP contribution in [0.25, 0.3) is 5.69 Å². The Bertz CT molecular complexity index is 1370. The quantitative estimate of drug-likeness (QED) is 0.224. The Kier molecular flexibility index (Phi) is 6.76. The number of aryl methyl sites for hydroxylation is 1. The number of ketones is 1. The number of ether oxygens (including phenoxy) is 2. The van der Waals surface area contributed by atoms with Crippen molar-refractivity contribution in [2.45, 2.75) is 20.4 Å². The van der Waals surface area contributed by atoms with E-state index in [-0.39, 0.29) is 0 Å². The fraction of sp³-hybridized carbons (Fsp3) is 0.217. The number of nitro groups is 1. The molecule has 11 nitrogen and oxygen atoms in total. The standard InChI is InChI=1S/C23H21N3O8/c1-13-9-18(14(2)25(13)16-7-5-15(6-8-16)22(29)33-3)20(27)12-24-11-17(26(31)32)10-19(21(24)28)23(30)34-4/h5-11H,12H2,1-4H3. The molecule has 176 valence electrons. The van der Waals surface area contributed by atoms with Crippen LogP contribution in [0.2, 0.25) is 0 Å². The Morgan fingerprint density at radius 2 is 1.59 bits per heavy atom. The van der Waals surface area contributed by atoms with Gasteiger partial charge in [-0.05, 0) is 44.2 Å². The third kappa shape index (κ3) is 4.49. The number of nitrogens with zero attached hydrogens (tertiary/aromatic N) is 3. The number of aromatic nitrogens is 2. The zero-order valence-electron chi connectivity index (χ0n) is 18.9. The van der Waals surface area contributed by atoms with Gasteiger partial charge in [-0.2, -0.15) is 0 Å². The molecule has 0 aliphatic heterocycles. The van der Waals surface area contributed by atoms with E-state index < -0.39 is 46.0 Å². The highest BCUT2D eigenvalue weighted by Crippen LogP contribution is 2.22. The molecule has 3 aromatic rings. The second-order valence-electron chi connectivity index (χ2n) is 7.38. The van der Waals surface area contributed by atoms with Gasteiger partial charge in [0.05, 0.1) is 37.4 Å². The molecule has 0 aliphatic carbocycles. The molecule has 0 saturated heterocycles. The van der Waals surface area contributed by atoms with Crippen molar-refractivity contribution in [1.29, 1.82) is 0 Å². The first-order valence-electron chi connectivity index (χ1n) is 9.97. The predicted molar refractivity (Wildman–Crippen MR) is 120 cm³/mol. The Labute approximate surface area is 193 Å². The molecule has 34 heavy (non-hydrogen) atoms. The minimum Gasteiger partial charge on any atom is -0.465 e. The molecule has 0 spiro atoms. The van der Waals surface area contributed by atoms with Crippen molar-refractivity contribution in [3.63, 3.8) is 0 Å². The summed E-state index contributed by atoms with van der Waals surface area (Å²) in [7, 11) is 2.33. The topological polar surface area (TPSA) is 140 Å². The van der Waals surface area contributed by atoms with Gasteiger partial charge in [-0.25, -0.2) is 9.59 Å². The van der Waals surface area contributed by atoms with Gasteiger partial charge in [-0.3, -0.25) is 19.7 Å². The predicted octanol–water partition coefficient (Wildman–Crippen LogP) is 2.62. The summed E-state index contributed by atoms with van der Waals surface area (Å²) in [6.07, 6.45) is 0.914. The molecule has 1 aromatic carbocycles. The zero-order chi connectivity index (χ0) is 25.2. The van der Waals surface area contributed by atoms with Crippen LogP contribution in [0.15, 0.2) is 47.4 Å². The van der Waals surface area contributed by atoms with Gasteiger partial charge in [0, 0.05) is 28.7 Å². The Morgan fingerprint density at radius 3 is 2.15 bits per heavy atom. The van der Waals surface area contributed by atoms with E-state index in [1.54, 1.807) is 48.7 Å². The molecule has 0 unspecified atom stereocenters. The summed E-state index contributed by atoms with van der Waals surface area (Å²) in [6.45, 7) is 2.98. The van der Waals surface area contributed by atoms with Gasteiger partial charge in [-0.1, -0.05) is 0 Å². The van der Waals surface area contributed by atoms with Gasteiger partial charge in [0.2, 0.25) is 0 Å². The molecule has 0 aliphatic rings. The third-order valence-corrected chi connectivity index (χ3v) is 5.28. The number of carbonyl (C=O) groups is 3. The minimum atomic E-state index is -1.04. The van der Waals surface area contributed by atoms with Gasteiger partial charge < -0.3 is 18.6 Å². The molecule has 0 amide bonds. The summed E-state index contributed by atoms with van der Waals surface area (Å²) in [6, 6.07) is 9.05. The molecular formula is C23H21N3O8. The number of Topliss-reactive ketones (excluding diaryl/α,β-unsaturated/α-hetero) is 1. The molecule has 2 aromatic heterocycles.